The van der Waals surface area contributed by atoms with Crippen molar-refractivity contribution in [2.45, 2.75) is 6.92 Å². The number of ether oxygens (including phenoxy) is 1. The van der Waals surface area contributed by atoms with Gasteiger partial charge in [0.1, 0.15) is 0 Å². The SMILES string of the molecule is Cc1nc(OC=O)cs1. The zero-order valence-corrected chi connectivity index (χ0v) is 5.64. The van der Waals surface area contributed by atoms with Crippen LogP contribution in [0.15, 0.2) is 5.38 Å². The Bertz CT molecular complexity index is 208. The molecule has 0 aromatic carbocycles. The molecule has 3 nitrogen and oxygen atoms in total. The van der Waals surface area contributed by atoms with Gasteiger partial charge in [-0.05, 0) is 6.92 Å². The lowest BCUT2D eigenvalue weighted by atomic mass is 10.8. The first kappa shape index (κ1) is 6.22. The van der Waals surface area contributed by atoms with Gasteiger partial charge in [-0.2, -0.15) is 0 Å². The summed E-state index contributed by atoms with van der Waals surface area (Å²) >= 11 is 1.45. The number of aryl methyl sites for hydroxylation is 1. The number of hydrogen-bond donors (Lipinski definition) is 0. The van der Waals surface area contributed by atoms with E-state index in [9.17, 15) is 4.79 Å². The van der Waals surface area contributed by atoms with Crippen molar-refractivity contribution in [3.63, 3.8) is 0 Å². The van der Waals surface area contributed by atoms with E-state index in [4.69, 9.17) is 0 Å². The molecule has 9 heavy (non-hydrogen) atoms. The Hall–Kier alpha value is -0.900. The van der Waals surface area contributed by atoms with Crippen molar-refractivity contribution in [1.29, 1.82) is 0 Å². The molecule has 0 fully saturated rings. The van der Waals surface area contributed by atoms with Gasteiger partial charge in [0.2, 0.25) is 5.88 Å². The maximum atomic E-state index is 9.73. The lowest BCUT2D eigenvalue weighted by molar-refractivity contribution is -0.120. The minimum Gasteiger partial charge on any atom is -0.409 e. The van der Waals surface area contributed by atoms with E-state index in [0.29, 0.717) is 12.4 Å². The molecule has 4 heteroatoms. The van der Waals surface area contributed by atoms with Crippen LogP contribution < -0.4 is 4.74 Å². The summed E-state index contributed by atoms with van der Waals surface area (Å²) < 4.78 is 4.45. The van der Waals surface area contributed by atoms with Gasteiger partial charge in [-0.3, -0.25) is 4.79 Å². The molecule has 0 N–H and O–H groups in total. The molecule has 1 aromatic rings. The zero-order valence-electron chi connectivity index (χ0n) is 4.83. The molecule has 48 valence electrons. The first-order valence-electron chi connectivity index (χ1n) is 2.35. The topological polar surface area (TPSA) is 39.2 Å². The van der Waals surface area contributed by atoms with E-state index >= 15 is 0 Å². The Morgan fingerprint density at radius 2 is 2.67 bits per heavy atom. The second-order valence-corrected chi connectivity index (χ2v) is 2.48. The van der Waals surface area contributed by atoms with Gasteiger partial charge in [0.25, 0.3) is 6.47 Å². The molecule has 1 aromatic heterocycles. The second-order valence-electron chi connectivity index (χ2n) is 1.42. The fraction of sp³-hybridized carbons (Fsp3) is 0.200. The fourth-order valence-corrected chi connectivity index (χ4v) is 0.969. The van der Waals surface area contributed by atoms with Crippen molar-refractivity contribution < 1.29 is 9.53 Å². The maximum absolute atomic E-state index is 9.73. The highest BCUT2D eigenvalue weighted by Crippen LogP contribution is 2.13. The second kappa shape index (κ2) is 2.59. The molecule has 0 radical (unpaired) electrons. The van der Waals surface area contributed by atoms with Crippen LogP contribution in [-0.2, 0) is 4.79 Å². The van der Waals surface area contributed by atoms with E-state index in [1.165, 1.54) is 11.3 Å². The predicted molar refractivity (Wildman–Crippen MR) is 33.5 cm³/mol. The molecule has 0 saturated carbocycles. The van der Waals surface area contributed by atoms with Crippen molar-refractivity contribution in [3.05, 3.63) is 10.4 Å². The standard InChI is InChI=1S/C5H5NO2S/c1-4-6-5(2-9-4)8-3-7/h2-3H,1H3. The van der Waals surface area contributed by atoms with Crippen molar-refractivity contribution in [2.75, 3.05) is 0 Å². The van der Waals surface area contributed by atoms with E-state index in [0.717, 1.165) is 5.01 Å². The molecule has 0 amide bonds. The molecule has 0 bridgehead atoms. The van der Waals surface area contributed by atoms with Crippen molar-refractivity contribution in [1.82, 2.24) is 4.98 Å². The Labute approximate surface area is 56.3 Å². The molecule has 0 spiro atoms. The molecule has 0 aliphatic carbocycles. The monoisotopic (exact) mass is 143 g/mol. The van der Waals surface area contributed by atoms with Crippen molar-refractivity contribution >= 4 is 17.8 Å². The number of carbonyl (C=O) groups excluding carboxylic acids is 1. The molecule has 0 saturated heterocycles. The number of nitrogens with zero attached hydrogens (tertiary/aromatic N) is 1. The fourth-order valence-electron chi connectivity index (χ4n) is 0.447. The third kappa shape index (κ3) is 1.50. The number of aromatic nitrogens is 1. The highest BCUT2D eigenvalue weighted by atomic mass is 32.1. The van der Waals surface area contributed by atoms with Gasteiger partial charge < -0.3 is 4.74 Å². The average molecular weight is 143 g/mol. The van der Waals surface area contributed by atoms with Crippen LogP contribution in [0.5, 0.6) is 5.88 Å². The van der Waals surface area contributed by atoms with E-state index < -0.39 is 0 Å². The Balaban J connectivity index is 2.72. The van der Waals surface area contributed by atoms with E-state index in [2.05, 4.69) is 9.72 Å². The van der Waals surface area contributed by atoms with Gasteiger partial charge in [0.05, 0.1) is 10.4 Å². The summed E-state index contributed by atoms with van der Waals surface area (Å²) in [7, 11) is 0. The highest BCUT2D eigenvalue weighted by Gasteiger charge is 1.95. The summed E-state index contributed by atoms with van der Waals surface area (Å²) in [5, 5.41) is 2.58. The quantitative estimate of drug-likeness (QED) is 0.579. The first-order chi connectivity index (χ1) is 4.33. The molecule has 0 unspecified atom stereocenters. The Morgan fingerprint density at radius 1 is 1.89 bits per heavy atom. The molecule has 0 aliphatic heterocycles. The largest absolute Gasteiger partial charge is 0.409 e. The van der Waals surface area contributed by atoms with Gasteiger partial charge in [-0.1, -0.05) is 0 Å². The Kier molecular flexibility index (Phi) is 1.79. The third-order valence-electron chi connectivity index (χ3n) is 0.767. The molecule has 0 aliphatic rings. The van der Waals surface area contributed by atoms with Gasteiger partial charge in [0, 0.05) is 0 Å². The summed E-state index contributed by atoms with van der Waals surface area (Å²) in [6.45, 7) is 2.22. The number of hydrogen-bond acceptors (Lipinski definition) is 4. The summed E-state index contributed by atoms with van der Waals surface area (Å²) in [4.78, 5) is 13.6. The summed E-state index contributed by atoms with van der Waals surface area (Å²) in [6.07, 6.45) is 0. The van der Waals surface area contributed by atoms with Crippen LogP contribution >= 0.6 is 11.3 Å². The molecular formula is C5H5NO2S. The smallest absolute Gasteiger partial charge is 0.299 e. The maximum Gasteiger partial charge on any atom is 0.299 e. The lowest BCUT2D eigenvalue weighted by Gasteiger charge is -1.84. The van der Waals surface area contributed by atoms with Gasteiger partial charge >= 0.3 is 0 Å². The van der Waals surface area contributed by atoms with Crippen LogP contribution in [0.25, 0.3) is 0 Å². The van der Waals surface area contributed by atoms with Crippen molar-refractivity contribution in [2.24, 2.45) is 0 Å². The number of carbonyl (C=O) groups is 1. The van der Waals surface area contributed by atoms with E-state index in [1.54, 1.807) is 5.38 Å². The molecule has 1 rings (SSSR count). The van der Waals surface area contributed by atoms with Crippen LogP contribution in [-0.4, -0.2) is 11.5 Å². The number of rotatable bonds is 2. The normalized spacial score (nSPS) is 9.00. The summed E-state index contributed by atoms with van der Waals surface area (Å²) in [5.41, 5.74) is 0. The summed E-state index contributed by atoms with van der Waals surface area (Å²) in [5.74, 6) is 0.382. The highest BCUT2D eigenvalue weighted by molar-refractivity contribution is 7.09. The van der Waals surface area contributed by atoms with Crippen LogP contribution in [0.2, 0.25) is 0 Å². The predicted octanol–water partition coefficient (Wildman–Crippen LogP) is 0.987. The van der Waals surface area contributed by atoms with Crippen molar-refractivity contribution in [3.8, 4) is 5.88 Å². The number of thiazole rings is 1. The molecule has 0 atom stereocenters. The first-order valence-corrected chi connectivity index (χ1v) is 3.23. The molecular weight excluding hydrogens is 138 g/mol. The van der Waals surface area contributed by atoms with Gasteiger partial charge in [-0.15, -0.1) is 11.3 Å². The van der Waals surface area contributed by atoms with Crippen LogP contribution in [0.3, 0.4) is 0 Å². The third-order valence-corrected chi connectivity index (χ3v) is 1.52. The van der Waals surface area contributed by atoms with Gasteiger partial charge in [-0.25, -0.2) is 4.98 Å². The van der Waals surface area contributed by atoms with Crippen LogP contribution in [0, 0.1) is 6.92 Å². The minimum atomic E-state index is 0.370. The van der Waals surface area contributed by atoms with E-state index in [-0.39, 0.29) is 0 Å². The van der Waals surface area contributed by atoms with E-state index in [1.807, 2.05) is 6.92 Å². The zero-order chi connectivity index (χ0) is 6.69. The summed E-state index contributed by atoms with van der Waals surface area (Å²) in [6, 6.07) is 0. The minimum absolute atomic E-state index is 0.370. The lowest BCUT2D eigenvalue weighted by Crippen LogP contribution is -1.87. The van der Waals surface area contributed by atoms with Gasteiger partial charge in [0.15, 0.2) is 0 Å². The van der Waals surface area contributed by atoms with Crippen LogP contribution in [0.4, 0.5) is 0 Å². The Morgan fingerprint density at radius 3 is 3.11 bits per heavy atom. The molecule has 1 heterocycles. The average Bonchev–Trinajstić information content (AvgIpc) is 2.17. The van der Waals surface area contributed by atoms with Crippen LogP contribution in [0.1, 0.15) is 5.01 Å².